The van der Waals surface area contributed by atoms with Gasteiger partial charge in [-0.2, -0.15) is 0 Å². The van der Waals surface area contributed by atoms with Gasteiger partial charge in [0.1, 0.15) is 0 Å². The maximum absolute atomic E-state index is 4.41. The Kier molecular flexibility index (Phi) is 2.40. The summed E-state index contributed by atoms with van der Waals surface area (Å²) in [7, 11) is 0. The minimum Gasteiger partial charge on any atom is -0.305 e. The largest absolute Gasteiger partial charge is 0.305 e. The lowest BCUT2D eigenvalue weighted by atomic mass is 9.93. The maximum atomic E-state index is 4.41. The SMILES string of the molecule is CCC1(c2nnc3cc(C)ccn23)CCCN1. The summed E-state index contributed by atoms with van der Waals surface area (Å²) in [5.41, 5.74) is 2.19. The predicted molar refractivity (Wildman–Crippen MR) is 66.9 cm³/mol. The summed E-state index contributed by atoms with van der Waals surface area (Å²) in [5, 5.41) is 12.3. The second-order valence-electron chi connectivity index (χ2n) is 4.92. The van der Waals surface area contributed by atoms with E-state index in [0.717, 1.165) is 30.9 Å². The number of hydrogen-bond acceptors (Lipinski definition) is 3. The minimum atomic E-state index is 0.0225. The molecule has 0 bridgehead atoms. The van der Waals surface area contributed by atoms with Gasteiger partial charge in [0.05, 0.1) is 5.54 Å². The van der Waals surface area contributed by atoms with Crippen LogP contribution in [0.5, 0.6) is 0 Å². The van der Waals surface area contributed by atoms with E-state index in [2.05, 4.69) is 52.1 Å². The highest BCUT2D eigenvalue weighted by molar-refractivity contribution is 5.41. The zero-order valence-electron chi connectivity index (χ0n) is 10.4. The van der Waals surface area contributed by atoms with Gasteiger partial charge in [-0.25, -0.2) is 0 Å². The van der Waals surface area contributed by atoms with E-state index in [-0.39, 0.29) is 5.54 Å². The van der Waals surface area contributed by atoms with Gasteiger partial charge in [0.25, 0.3) is 0 Å². The van der Waals surface area contributed by atoms with Crippen molar-refractivity contribution in [2.45, 2.75) is 38.6 Å². The molecule has 0 saturated carbocycles. The molecule has 0 aromatic carbocycles. The molecule has 1 fully saturated rings. The highest BCUT2D eigenvalue weighted by Gasteiger charge is 2.37. The van der Waals surface area contributed by atoms with Crippen LogP contribution < -0.4 is 5.32 Å². The fourth-order valence-corrected chi connectivity index (χ4v) is 2.78. The zero-order valence-corrected chi connectivity index (χ0v) is 10.4. The van der Waals surface area contributed by atoms with Crippen LogP contribution in [-0.2, 0) is 5.54 Å². The van der Waals surface area contributed by atoms with Gasteiger partial charge in [-0.3, -0.25) is 4.40 Å². The average molecular weight is 230 g/mol. The normalized spacial score (nSPS) is 24.6. The second kappa shape index (κ2) is 3.81. The Morgan fingerprint density at radius 2 is 2.35 bits per heavy atom. The molecule has 0 amide bonds. The number of hydrogen-bond donors (Lipinski definition) is 1. The first-order chi connectivity index (χ1) is 8.25. The van der Waals surface area contributed by atoms with E-state index < -0.39 is 0 Å². The number of pyridine rings is 1. The van der Waals surface area contributed by atoms with Crippen LogP contribution in [0.4, 0.5) is 0 Å². The third-order valence-corrected chi connectivity index (χ3v) is 3.84. The topological polar surface area (TPSA) is 42.2 Å². The molecule has 17 heavy (non-hydrogen) atoms. The van der Waals surface area contributed by atoms with E-state index in [9.17, 15) is 0 Å². The molecule has 2 aromatic heterocycles. The van der Waals surface area contributed by atoms with E-state index in [4.69, 9.17) is 0 Å². The predicted octanol–water partition coefficient (Wildman–Crippen LogP) is 2.03. The fraction of sp³-hybridized carbons (Fsp3) is 0.538. The lowest BCUT2D eigenvalue weighted by Crippen LogP contribution is -2.38. The Morgan fingerprint density at radius 3 is 3.06 bits per heavy atom. The van der Waals surface area contributed by atoms with Gasteiger partial charge in [0, 0.05) is 6.20 Å². The van der Waals surface area contributed by atoms with E-state index >= 15 is 0 Å². The van der Waals surface area contributed by atoms with Gasteiger partial charge < -0.3 is 5.32 Å². The first-order valence-corrected chi connectivity index (χ1v) is 6.32. The smallest absolute Gasteiger partial charge is 0.161 e. The van der Waals surface area contributed by atoms with Gasteiger partial charge in [-0.15, -0.1) is 10.2 Å². The third kappa shape index (κ3) is 1.55. The Balaban J connectivity index is 2.17. The number of fused-ring (bicyclic) bond motifs is 1. The molecule has 1 atom stereocenters. The van der Waals surface area contributed by atoms with Gasteiger partial charge in [-0.1, -0.05) is 6.92 Å². The summed E-state index contributed by atoms with van der Waals surface area (Å²) >= 11 is 0. The van der Waals surface area contributed by atoms with Crippen molar-refractivity contribution in [1.82, 2.24) is 19.9 Å². The van der Waals surface area contributed by atoms with Crippen LogP contribution in [0.1, 0.15) is 37.6 Å². The number of aromatic nitrogens is 3. The van der Waals surface area contributed by atoms with Crippen molar-refractivity contribution in [3.63, 3.8) is 0 Å². The van der Waals surface area contributed by atoms with Crippen LogP contribution in [0.3, 0.4) is 0 Å². The number of rotatable bonds is 2. The molecule has 0 aliphatic carbocycles. The van der Waals surface area contributed by atoms with Crippen LogP contribution in [0.25, 0.3) is 5.65 Å². The first-order valence-electron chi connectivity index (χ1n) is 6.32. The monoisotopic (exact) mass is 230 g/mol. The molecule has 2 aromatic rings. The molecule has 3 heterocycles. The lowest BCUT2D eigenvalue weighted by Gasteiger charge is -2.25. The summed E-state index contributed by atoms with van der Waals surface area (Å²) < 4.78 is 2.12. The molecular formula is C13H18N4. The molecular weight excluding hydrogens is 212 g/mol. The maximum Gasteiger partial charge on any atom is 0.161 e. The molecule has 90 valence electrons. The summed E-state index contributed by atoms with van der Waals surface area (Å²) in [6, 6.07) is 4.19. The van der Waals surface area contributed by atoms with E-state index in [1.807, 2.05) is 0 Å². The fourth-order valence-electron chi connectivity index (χ4n) is 2.78. The molecule has 1 unspecified atom stereocenters. The Hall–Kier alpha value is -1.42. The summed E-state index contributed by atoms with van der Waals surface area (Å²) in [5.74, 6) is 1.06. The van der Waals surface area contributed by atoms with Crippen LogP contribution in [-0.4, -0.2) is 21.1 Å². The molecule has 4 heteroatoms. The molecule has 0 radical (unpaired) electrons. The Bertz CT molecular complexity index is 537. The van der Waals surface area contributed by atoms with Gasteiger partial charge in [0.2, 0.25) is 0 Å². The van der Waals surface area contributed by atoms with Crippen molar-refractivity contribution < 1.29 is 0 Å². The Labute approximate surface area is 101 Å². The van der Waals surface area contributed by atoms with Gasteiger partial charge >= 0.3 is 0 Å². The van der Waals surface area contributed by atoms with E-state index in [1.165, 1.54) is 12.0 Å². The highest BCUT2D eigenvalue weighted by atomic mass is 15.3. The van der Waals surface area contributed by atoms with Crippen molar-refractivity contribution in [1.29, 1.82) is 0 Å². The van der Waals surface area contributed by atoms with Crippen molar-refractivity contribution in [3.8, 4) is 0 Å². The molecule has 1 saturated heterocycles. The van der Waals surface area contributed by atoms with Crippen LogP contribution >= 0.6 is 0 Å². The standard InChI is InChI=1S/C13H18N4/c1-3-13(6-4-7-14-13)12-16-15-11-9-10(2)5-8-17(11)12/h5,8-9,14H,3-4,6-7H2,1-2H3. The van der Waals surface area contributed by atoms with Crippen molar-refractivity contribution >= 4 is 5.65 Å². The second-order valence-corrected chi connectivity index (χ2v) is 4.92. The van der Waals surface area contributed by atoms with E-state index in [1.54, 1.807) is 0 Å². The molecule has 0 spiro atoms. The molecule has 1 N–H and O–H groups in total. The summed E-state index contributed by atoms with van der Waals surface area (Å²) in [4.78, 5) is 0. The average Bonchev–Trinajstić information content (AvgIpc) is 2.94. The Morgan fingerprint density at radius 1 is 1.47 bits per heavy atom. The number of nitrogens with zero attached hydrogens (tertiary/aromatic N) is 3. The zero-order chi connectivity index (χ0) is 11.9. The quantitative estimate of drug-likeness (QED) is 0.858. The third-order valence-electron chi connectivity index (χ3n) is 3.84. The first kappa shape index (κ1) is 10.7. The summed E-state index contributed by atoms with van der Waals surface area (Å²) in [6.07, 6.45) is 5.51. The molecule has 4 nitrogen and oxygen atoms in total. The molecule has 1 aliphatic heterocycles. The number of aryl methyl sites for hydroxylation is 1. The van der Waals surface area contributed by atoms with Crippen molar-refractivity contribution in [3.05, 3.63) is 29.7 Å². The number of nitrogens with one attached hydrogen (secondary N) is 1. The van der Waals surface area contributed by atoms with Crippen LogP contribution in [0, 0.1) is 6.92 Å². The van der Waals surface area contributed by atoms with Gasteiger partial charge in [-0.05, 0) is 50.4 Å². The minimum absolute atomic E-state index is 0.0225. The van der Waals surface area contributed by atoms with Crippen LogP contribution in [0.15, 0.2) is 18.3 Å². The van der Waals surface area contributed by atoms with E-state index in [0.29, 0.717) is 0 Å². The summed E-state index contributed by atoms with van der Waals surface area (Å²) in [6.45, 7) is 5.37. The van der Waals surface area contributed by atoms with Crippen molar-refractivity contribution in [2.75, 3.05) is 6.54 Å². The van der Waals surface area contributed by atoms with Crippen LogP contribution in [0.2, 0.25) is 0 Å². The highest BCUT2D eigenvalue weighted by Crippen LogP contribution is 2.32. The molecule has 3 rings (SSSR count). The van der Waals surface area contributed by atoms with Gasteiger partial charge in [0.15, 0.2) is 11.5 Å². The lowest BCUT2D eigenvalue weighted by molar-refractivity contribution is 0.349. The van der Waals surface area contributed by atoms with Crippen molar-refractivity contribution in [2.24, 2.45) is 0 Å². The molecule has 1 aliphatic rings.